The Morgan fingerprint density at radius 3 is 2.48 bits per heavy atom. The maximum atomic E-state index is 5.40. The predicted octanol–water partition coefficient (Wildman–Crippen LogP) is 4.81. The number of hydrogen-bond acceptors (Lipinski definition) is 4. The summed E-state index contributed by atoms with van der Waals surface area (Å²) >= 11 is 0. The van der Waals surface area contributed by atoms with E-state index in [1.54, 1.807) is 14.2 Å². The molecule has 1 heterocycles. The molecule has 2 aromatic carbocycles. The summed E-state index contributed by atoms with van der Waals surface area (Å²) in [5.74, 6) is 2.05. The van der Waals surface area contributed by atoms with E-state index in [9.17, 15) is 0 Å². The maximum Gasteiger partial charge on any atom is 0.161 e. The van der Waals surface area contributed by atoms with E-state index < -0.39 is 0 Å². The topological polar surface area (TPSA) is 34.1 Å². The van der Waals surface area contributed by atoms with Crippen LogP contribution in [0.25, 0.3) is 0 Å². The Labute approximate surface area is 175 Å². The van der Waals surface area contributed by atoms with E-state index in [1.165, 1.54) is 12.0 Å². The number of likely N-dealkylation sites (tertiary alicyclic amines) is 1. The summed E-state index contributed by atoms with van der Waals surface area (Å²) < 4.78 is 10.7. The van der Waals surface area contributed by atoms with Crippen molar-refractivity contribution in [1.29, 1.82) is 0 Å². The molecule has 4 nitrogen and oxygen atoms in total. The van der Waals surface area contributed by atoms with E-state index in [-0.39, 0.29) is 5.41 Å². The first-order valence-electron chi connectivity index (χ1n) is 10.5. The van der Waals surface area contributed by atoms with E-state index in [2.05, 4.69) is 56.1 Å². The number of piperidine rings is 1. The molecule has 4 heteroatoms. The highest BCUT2D eigenvalue weighted by molar-refractivity contribution is 5.80. The number of methoxy groups -OCH3 is 2. The lowest BCUT2D eigenvalue weighted by molar-refractivity contribution is 0.0705. The third-order valence-electron chi connectivity index (χ3n) is 6.60. The van der Waals surface area contributed by atoms with Crippen molar-refractivity contribution in [2.75, 3.05) is 34.4 Å². The molecule has 1 fully saturated rings. The molecule has 1 aliphatic heterocycles. The summed E-state index contributed by atoms with van der Waals surface area (Å²) in [6.07, 6.45) is 4.17. The van der Waals surface area contributed by atoms with Gasteiger partial charge in [-0.25, -0.2) is 0 Å². The number of ether oxygens (including phenoxy) is 2. The summed E-state index contributed by atoms with van der Waals surface area (Å²) in [6, 6.07) is 17.5. The van der Waals surface area contributed by atoms with E-state index in [0.29, 0.717) is 12.0 Å². The van der Waals surface area contributed by atoms with Gasteiger partial charge in [0, 0.05) is 30.8 Å². The van der Waals surface area contributed by atoms with Crippen LogP contribution in [0.2, 0.25) is 0 Å². The number of aliphatic imine (C=N–C) groups is 1. The molecule has 3 rings (SSSR count). The molecule has 0 radical (unpaired) electrons. The molecule has 0 aliphatic carbocycles. The van der Waals surface area contributed by atoms with Crippen LogP contribution < -0.4 is 9.47 Å². The number of rotatable bonds is 7. The minimum absolute atomic E-state index is 0.169. The van der Waals surface area contributed by atoms with E-state index >= 15 is 0 Å². The van der Waals surface area contributed by atoms with Crippen molar-refractivity contribution in [3.63, 3.8) is 0 Å². The minimum atomic E-state index is 0.169. The van der Waals surface area contributed by atoms with Crippen LogP contribution in [0.3, 0.4) is 0 Å². The van der Waals surface area contributed by atoms with Crippen molar-refractivity contribution in [2.24, 2.45) is 10.9 Å². The van der Waals surface area contributed by atoms with Gasteiger partial charge in [0.15, 0.2) is 11.5 Å². The fourth-order valence-corrected chi connectivity index (χ4v) is 4.70. The largest absolute Gasteiger partial charge is 0.493 e. The van der Waals surface area contributed by atoms with Crippen LogP contribution >= 0.6 is 0 Å². The van der Waals surface area contributed by atoms with Gasteiger partial charge < -0.3 is 14.4 Å². The molecule has 1 aliphatic rings. The summed E-state index contributed by atoms with van der Waals surface area (Å²) in [7, 11) is 5.55. The quantitative estimate of drug-likeness (QED) is 0.632. The lowest BCUT2D eigenvalue weighted by atomic mass is 9.63. The summed E-state index contributed by atoms with van der Waals surface area (Å²) in [5.41, 5.74) is 2.65. The van der Waals surface area contributed by atoms with Crippen LogP contribution in [0.1, 0.15) is 37.8 Å². The molecule has 0 saturated carbocycles. The fraction of sp³-hybridized carbons (Fsp3) is 0.480. The molecule has 0 N–H and O–H groups in total. The second kappa shape index (κ2) is 9.45. The van der Waals surface area contributed by atoms with E-state index in [1.807, 2.05) is 24.4 Å². The molecule has 0 aromatic heterocycles. The highest BCUT2D eigenvalue weighted by atomic mass is 16.5. The van der Waals surface area contributed by atoms with Crippen LogP contribution in [0, 0.1) is 5.92 Å². The molecule has 156 valence electrons. The average Bonchev–Trinajstić information content (AvgIpc) is 2.75. The standard InChI is InChI=1S/C25H34N2O2/c1-19-18-27(3)20(2)16-25(19,22-9-7-6-8-10-22)13-14-26-17-21-11-12-23(28-4)24(15-21)29-5/h6-12,15,17,19-20H,13-14,16,18H2,1-5H3/t19-,20+,25+/m0/s1. The third kappa shape index (κ3) is 4.64. The van der Waals surface area contributed by atoms with Gasteiger partial charge in [-0.15, -0.1) is 0 Å². The Morgan fingerprint density at radius 2 is 1.79 bits per heavy atom. The van der Waals surface area contributed by atoms with Crippen LogP contribution in [0.5, 0.6) is 11.5 Å². The minimum Gasteiger partial charge on any atom is -0.493 e. The summed E-state index contributed by atoms with van der Waals surface area (Å²) in [6.45, 7) is 6.67. The predicted molar refractivity (Wildman–Crippen MR) is 121 cm³/mol. The second-order valence-corrected chi connectivity index (χ2v) is 8.32. The Morgan fingerprint density at radius 1 is 1.07 bits per heavy atom. The van der Waals surface area contributed by atoms with Crippen molar-refractivity contribution >= 4 is 6.21 Å². The monoisotopic (exact) mass is 394 g/mol. The Balaban J connectivity index is 1.77. The number of nitrogens with zero attached hydrogens (tertiary/aromatic N) is 2. The Kier molecular flexibility index (Phi) is 6.96. The fourth-order valence-electron chi connectivity index (χ4n) is 4.70. The SMILES string of the molecule is COc1ccc(C=NCC[C@@]2(c3ccccc3)C[C@@H](C)N(C)C[C@@H]2C)cc1OC. The van der Waals surface area contributed by atoms with Gasteiger partial charge in [0.25, 0.3) is 0 Å². The molecule has 0 bridgehead atoms. The zero-order valence-electron chi connectivity index (χ0n) is 18.4. The lowest BCUT2D eigenvalue weighted by Crippen LogP contribution is -2.51. The first-order chi connectivity index (χ1) is 14.0. The van der Waals surface area contributed by atoms with Crippen molar-refractivity contribution < 1.29 is 9.47 Å². The first kappa shape index (κ1) is 21.4. The van der Waals surface area contributed by atoms with Crippen LogP contribution in [0.15, 0.2) is 53.5 Å². The van der Waals surface area contributed by atoms with E-state index in [4.69, 9.17) is 14.5 Å². The van der Waals surface area contributed by atoms with Gasteiger partial charge in [0.05, 0.1) is 14.2 Å². The molecular weight excluding hydrogens is 360 g/mol. The highest BCUT2D eigenvalue weighted by Gasteiger charge is 2.43. The van der Waals surface area contributed by atoms with Crippen LogP contribution in [-0.4, -0.2) is 51.5 Å². The summed E-state index contributed by atoms with van der Waals surface area (Å²) in [4.78, 5) is 7.27. The van der Waals surface area contributed by atoms with Gasteiger partial charge >= 0.3 is 0 Å². The molecular formula is C25H34N2O2. The molecule has 3 atom stereocenters. The third-order valence-corrected chi connectivity index (χ3v) is 6.60. The zero-order chi connectivity index (χ0) is 20.9. The molecule has 0 spiro atoms. The Bertz CT molecular complexity index is 821. The molecule has 1 saturated heterocycles. The molecule has 0 unspecified atom stereocenters. The van der Waals surface area contributed by atoms with Gasteiger partial charge in [-0.1, -0.05) is 37.3 Å². The average molecular weight is 395 g/mol. The number of benzene rings is 2. The van der Waals surface area contributed by atoms with Gasteiger partial charge in [-0.2, -0.15) is 0 Å². The van der Waals surface area contributed by atoms with Crippen molar-refractivity contribution in [2.45, 2.75) is 38.1 Å². The molecule has 29 heavy (non-hydrogen) atoms. The molecule has 0 amide bonds. The summed E-state index contributed by atoms with van der Waals surface area (Å²) in [5, 5.41) is 0. The highest BCUT2D eigenvalue weighted by Crippen LogP contribution is 2.44. The maximum absolute atomic E-state index is 5.40. The Hall–Kier alpha value is -2.33. The van der Waals surface area contributed by atoms with Gasteiger partial charge in [-0.05, 0) is 62.1 Å². The van der Waals surface area contributed by atoms with E-state index in [0.717, 1.165) is 36.6 Å². The van der Waals surface area contributed by atoms with Crippen LogP contribution in [0.4, 0.5) is 0 Å². The van der Waals surface area contributed by atoms with Gasteiger partial charge in [-0.3, -0.25) is 4.99 Å². The zero-order valence-corrected chi connectivity index (χ0v) is 18.4. The smallest absolute Gasteiger partial charge is 0.161 e. The lowest BCUT2D eigenvalue weighted by Gasteiger charge is -2.49. The number of hydrogen-bond donors (Lipinski definition) is 0. The second-order valence-electron chi connectivity index (χ2n) is 8.32. The van der Waals surface area contributed by atoms with Crippen molar-refractivity contribution in [3.8, 4) is 11.5 Å². The van der Waals surface area contributed by atoms with Gasteiger partial charge in [0.2, 0.25) is 0 Å². The normalized spacial score (nSPS) is 25.3. The molecule has 2 aromatic rings. The first-order valence-corrected chi connectivity index (χ1v) is 10.5. The van der Waals surface area contributed by atoms with Gasteiger partial charge in [0.1, 0.15) is 0 Å². The van der Waals surface area contributed by atoms with Crippen LogP contribution in [-0.2, 0) is 5.41 Å². The van der Waals surface area contributed by atoms with Crippen molar-refractivity contribution in [3.05, 3.63) is 59.7 Å². The van der Waals surface area contributed by atoms with Crippen molar-refractivity contribution in [1.82, 2.24) is 4.90 Å².